The molecule has 0 aliphatic carbocycles. The quantitative estimate of drug-likeness (QED) is 0.728. The van der Waals surface area contributed by atoms with Crippen LogP contribution in [0.1, 0.15) is 24.2 Å². The first kappa shape index (κ1) is 14.2. The van der Waals surface area contributed by atoms with Gasteiger partial charge in [-0.3, -0.25) is 4.79 Å². The third kappa shape index (κ3) is 3.19. The number of aromatic nitrogens is 1. The van der Waals surface area contributed by atoms with E-state index in [1.165, 1.54) is 0 Å². The first-order valence-electron chi connectivity index (χ1n) is 5.63. The zero-order valence-corrected chi connectivity index (χ0v) is 13.4. The van der Waals surface area contributed by atoms with Crippen LogP contribution in [0, 0.1) is 0 Å². The van der Waals surface area contributed by atoms with Crippen molar-refractivity contribution >= 4 is 45.2 Å². The monoisotopic (exact) mass is 348 g/mol. The van der Waals surface area contributed by atoms with Gasteiger partial charge in [-0.2, -0.15) is 11.8 Å². The van der Waals surface area contributed by atoms with E-state index in [2.05, 4.69) is 34.8 Å². The maximum atomic E-state index is 12.4. The summed E-state index contributed by atoms with van der Waals surface area (Å²) in [5.41, 5.74) is 0.466. The van der Waals surface area contributed by atoms with Crippen LogP contribution in [-0.2, 0) is 0 Å². The number of halogens is 2. The molecule has 1 aliphatic rings. The van der Waals surface area contributed by atoms with Gasteiger partial charge in [0.1, 0.15) is 5.15 Å². The summed E-state index contributed by atoms with van der Waals surface area (Å²) in [6.07, 6.45) is 1.59. The molecule has 0 aromatic carbocycles. The molecule has 1 aromatic heterocycles. The van der Waals surface area contributed by atoms with Gasteiger partial charge in [0.2, 0.25) is 0 Å². The van der Waals surface area contributed by atoms with Crippen LogP contribution >= 0.6 is 39.3 Å². The van der Waals surface area contributed by atoms with Crippen LogP contribution in [0.2, 0.25) is 5.15 Å². The van der Waals surface area contributed by atoms with Crippen molar-refractivity contribution in [1.29, 1.82) is 0 Å². The molecular weight excluding hydrogens is 336 g/mol. The topological polar surface area (TPSA) is 33.2 Å². The lowest BCUT2D eigenvalue weighted by Gasteiger charge is -2.37. The summed E-state index contributed by atoms with van der Waals surface area (Å²) in [7, 11) is 0. The van der Waals surface area contributed by atoms with Crippen LogP contribution < -0.4 is 0 Å². The third-order valence-corrected chi connectivity index (χ3v) is 4.78. The smallest absolute Gasteiger partial charge is 0.257 e. The molecule has 0 spiro atoms. The van der Waals surface area contributed by atoms with Crippen LogP contribution in [0.3, 0.4) is 0 Å². The number of thioether (sulfide) groups is 1. The Hall–Kier alpha value is -0.260. The highest BCUT2D eigenvalue weighted by atomic mass is 79.9. The van der Waals surface area contributed by atoms with Gasteiger partial charge in [0, 0.05) is 34.3 Å². The Kier molecular flexibility index (Phi) is 4.24. The number of amides is 1. The molecule has 0 N–H and O–H groups in total. The van der Waals surface area contributed by atoms with Gasteiger partial charge in [0.05, 0.1) is 5.56 Å². The van der Waals surface area contributed by atoms with E-state index in [1.807, 2.05) is 16.7 Å². The second-order valence-corrected chi connectivity index (χ2v) is 7.90. The lowest BCUT2D eigenvalue weighted by molar-refractivity contribution is 0.0747. The minimum absolute atomic E-state index is 0.0397. The summed E-state index contributed by atoms with van der Waals surface area (Å²) in [6.45, 7) is 5.80. The van der Waals surface area contributed by atoms with E-state index in [4.69, 9.17) is 11.6 Å². The van der Waals surface area contributed by atoms with Gasteiger partial charge >= 0.3 is 0 Å². The Morgan fingerprint density at radius 3 is 3.00 bits per heavy atom. The van der Waals surface area contributed by atoms with Gasteiger partial charge in [0.15, 0.2) is 0 Å². The highest BCUT2D eigenvalue weighted by Gasteiger charge is 2.31. The molecule has 6 heteroatoms. The normalized spacial score (nSPS) is 18.8. The number of hydrogen-bond donors (Lipinski definition) is 0. The van der Waals surface area contributed by atoms with E-state index < -0.39 is 0 Å². The van der Waals surface area contributed by atoms with E-state index in [9.17, 15) is 4.79 Å². The van der Waals surface area contributed by atoms with Gasteiger partial charge < -0.3 is 4.90 Å². The molecular formula is C12H14BrClN2OS. The Morgan fingerprint density at radius 1 is 1.61 bits per heavy atom. The van der Waals surface area contributed by atoms with Crippen LogP contribution in [-0.4, -0.2) is 39.4 Å². The number of carbonyl (C=O) groups is 1. The van der Waals surface area contributed by atoms with E-state index in [1.54, 1.807) is 12.3 Å². The molecule has 1 aromatic rings. The summed E-state index contributed by atoms with van der Waals surface area (Å²) in [6, 6.07) is 1.73. The second-order valence-electron chi connectivity index (χ2n) is 4.83. The van der Waals surface area contributed by atoms with Gasteiger partial charge in [-0.05, 0) is 35.8 Å². The lowest BCUT2D eigenvalue weighted by Crippen LogP contribution is -2.46. The van der Waals surface area contributed by atoms with Crippen molar-refractivity contribution in [2.75, 3.05) is 18.8 Å². The predicted octanol–water partition coefficient (Wildman–Crippen LogP) is 3.47. The van der Waals surface area contributed by atoms with E-state index >= 15 is 0 Å². The molecule has 2 heterocycles. The van der Waals surface area contributed by atoms with Crippen LogP contribution in [0.15, 0.2) is 16.7 Å². The number of rotatable bonds is 1. The summed E-state index contributed by atoms with van der Waals surface area (Å²) in [5.74, 6) is 0.916. The van der Waals surface area contributed by atoms with E-state index in [0.29, 0.717) is 5.56 Å². The number of nitrogens with zero attached hydrogens (tertiary/aromatic N) is 2. The first-order chi connectivity index (χ1) is 8.39. The van der Waals surface area contributed by atoms with Gasteiger partial charge in [-0.25, -0.2) is 4.98 Å². The molecule has 1 aliphatic heterocycles. The maximum absolute atomic E-state index is 12.4. The van der Waals surface area contributed by atoms with Crippen LogP contribution in [0.4, 0.5) is 0 Å². The fraction of sp³-hybridized carbons (Fsp3) is 0.500. The number of carbonyl (C=O) groups excluding carboxylic acids is 1. The SMILES string of the molecule is CC1(C)CN(C(=O)c2cc(Br)cnc2Cl)CCS1. The first-order valence-corrected chi connectivity index (χ1v) is 7.79. The van der Waals surface area contributed by atoms with Crippen molar-refractivity contribution < 1.29 is 4.79 Å². The molecule has 0 bridgehead atoms. The molecule has 3 nitrogen and oxygen atoms in total. The Labute approximate surface area is 124 Å². The molecule has 0 unspecified atom stereocenters. The fourth-order valence-corrected chi connectivity index (χ4v) is 3.56. The van der Waals surface area contributed by atoms with Gasteiger partial charge in [-0.15, -0.1) is 0 Å². The molecule has 2 rings (SSSR count). The predicted molar refractivity (Wildman–Crippen MR) is 79.4 cm³/mol. The van der Waals surface area contributed by atoms with Crippen LogP contribution in [0.5, 0.6) is 0 Å². The average Bonchev–Trinajstić information content (AvgIpc) is 2.30. The van der Waals surface area contributed by atoms with E-state index in [-0.39, 0.29) is 15.8 Å². The van der Waals surface area contributed by atoms with Crippen LogP contribution in [0.25, 0.3) is 0 Å². The van der Waals surface area contributed by atoms with Gasteiger partial charge in [0.25, 0.3) is 5.91 Å². The zero-order valence-electron chi connectivity index (χ0n) is 10.2. The summed E-state index contributed by atoms with van der Waals surface area (Å²) in [5, 5.41) is 0.263. The number of hydrogen-bond acceptors (Lipinski definition) is 3. The third-order valence-electron chi connectivity index (χ3n) is 2.75. The average molecular weight is 350 g/mol. The molecule has 98 valence electrons. The molecule has 1 saturated heterocycles. The zero-order chi connectivity index (χ0) is 13.3. The highest BCUT2D eigenvalue weighted by molar-refractivity contribution is 9.10. The molecule has 0 saturated carbocycles. The highest BCUT2D eigenvalue weighted by Crippen LogP contribution is 2.31. The Bertz CT molecular complexity index is 481. The Morgan fingerprint density at radius 2 is 2.33 bits per heavy atom. The minimum Gasteiger partial charge on any atom is -0.336 e. The van der Waals surface area contributed by atoms with Gasteiger partial charge in [-0.1, -0.05) is 11.6 Å². The lowest BCUT2D eigenvalue weighted by atomic mass is 10.1. The molecule has 18 heavy (non-hydrogen) atoms. The summed E-state index contributed by atoms with van der Waals surface area (Å²) >= 11 is 11.2. The van der Waals surface area contributed by atoms with Crippen molar-refractivity contribution in [3.8, 4) is 0 Å². The van der Waals surface area contributed by atoms with Crippen molar-refractivity contribution in [3.63, 3.8) is 0 Å². The summed E-state index contributed by atoms with van der Waals surface area (Å²) in [4.78, 5) is 18.3. The largest absolute Gasteiger partial charge is 0.336 e. The molecule has 0 atom stereocenters. The minimum atomic E-state index is -0.0397. The Balaban J connectivity index is 2.23. The fourth-order valence-electron chi connectivity index (χ4n) is 1.93. The summed E-state index contributed by atoms with van der Waals surface area (Å²) < 4.78 is 0.862. The van der Waals surface area contributed by atoms with E-state index in [0.717, 1.165) is 23.3 Å². The van der Waals surface area contributed by atoms with Crippen molar-refractivity contribution in [1.82, 2.24) is 9.88 Å². The molecule has 0 radical (unpaired) electrons. The standard InChI is InChI=1S/C12H14BrClN2OS/c1-12(2)7-16(3-4-18-12)11(17)9-5-8(13)6-15-10(9)14/h5-6H,3-4,7H2,1-2H3. The second kappa shape index (κ2) is 5.39. The maximum Gasteiger partial charge on any atom is 0.257 e. The van der Waals surface area contributed by atoms with Crippen molar-refractivity contribution in [3.05, 3.63) is 27.5 Å². The van der Waals surface area contributed by atoms with Crippen molar-refractivity contribution in [2.45, 2.75) is 18.6 Å². The van der Waals surface area contributed by atoms with Crippen molar-refractivity contribution in [2.24, 2.45) is 0 Å². The number of pyridine rings is 1. The molecule has 1 amide bonds. The molecule has 1 fully saturated rings.